The molecule has 0 atom stereocenters. The predicted molar refractivity (Wildman–Crippen MR) is 89.3 cm³/mol. The third-order valence-corrected chi connectivity index (χ3v) is 3.66. The van der Waals surface area contributed by atoms with Crippen molar-refractivity contribution in [2.45, 2.75) is 13.1 Å². The number of nitrogens with one attached hydrogen (secondary N) is 1. The van der Waals surface area contributed by atoms with Gasteiger partial charge in [-0.2, -0.15) is 0 Å². The largest absolute Gasteiger partial charge is 0.497 e. The molecule has 3 rings (SSSR count). The van der Waals surface area contributed by atoms with E-state index in [0.29, 0.717) is 0 Å². The molecule has 1 heterocycles. The molecule has 2 aromatic carbocycles. The van der Waals surface area contributed by atoms with Crippen LogP contribution in [0.4, 0.5) is 0 Å². The van der Waals surface area contributed by atoms with Crippen LogP contribution in [0.1, 0.15) is 11.3 Å². The van der Waals surface area contributed by atoms with Crippen molar-refractivity contribution in [2.75, 3.05) is 7.11 Å². The number of hydrogen-bond donors (Lipinski definition) is 1. The topological polar surface area (TPSA) is 26.2 Å². The summed E-state index contributed by atoms with van der Waals surface area (Å²) in [6.45, 7) is 1.66. The second kappa shape index (κ2) is 6.96. The van der Waals surface area contributed by atoms with Crippen LogP contribution in [-0.4, -0.2) is 11.7 Å². The van der Waals surface area contributed by atoms with E-state index in [-0.39, 0.29) is 0 Å². The fourth-order valence-corrected chi connectivity index (χ4v) is 2.48. The van der Waals surface area contributed by atoms with Crippen molar-refractivity contribution in [2.24, 2.45) is 0 Å². The monoisotopic (exact) mass is 292 g/mol. The standard InChI is InChI=1S/C19H20N2O/c1-22-19-11-9-16(10-12-19)14-20-15-18-8-5-13-21(18)17-6-3-2-4-7-17/h2-13,20H,14-15H2,1H3. The summed E-state index contributed by atoms with van der Waals surface area (Å²) in [6, 6.07) is 22.8. The van der Waals surface area contributed by atoms with Crippen molar-refractivity contribution in [3.63, 3.8) is 0 Å². The molecule has 0 spiro atoms. The molecule has 112 valence electrons. The number of methoxy groups -OCH3 is 1. The minimum atomic E-state index is 0.827. The molecule has 0 radical (unpaired) electrons. The van der Waals surface area contributed by atoms with Gasteiger partial charge in [0.2, 0.25) is 0 Å². The maximum Gasteiger partial charge on any atom is 0.118 e. The van der Waals surface area contributed by atoms with Crippen molar-refractivity contribution in [3.8, 4) is 11.4 Å². The molecule has 0 amide bonds. The van der Waals surface area contributed by atoms with Gasteiger partial charge in [0, 0.05) is 30.7 Å². The summed E-state index contributed by atoms with van der Waals surface area (Å²) in [4.78, 5) is 0. The van der Waals surface area contributed by atoms with Crippen LogP contribution in [0.15, 0.2) is 72.9 Å². The highest BCUT2D eigenvalue weighted by atomic mass is 16.5. The molecular weight excluding hydrogens is 272 g/mol. The molecule has 1 N–H and O–H groups in total. The smallest absolute Gasteiger partial charge is 0.118 e. The van der Waals surface area contributed by atoms with Gasteiger partial charge in [-0.15, -0.1) is 0 Å². The average Bonchev–Trinajstić information content (AvgIpc) is 3.05. The normalized spacial score (nSPS) is 10.6. The molecule has 0 aliphatic heterocycles. The fraction of sp³-hybridized carbons (Fsp3) is 0.158. The zero-order valence-corrected chi connectivity index (χ0v) is 12.7. The van der Waals surface area contributed by atoms with E-state index in [1.54, 1.807) is 7.11 Å². The lowest BCUT2D eigenvalue weighted by atomic mass is 10.2. The van der Waals surface area contributed by atoms with E-state index in [9.17, 15) is 0 Å². The van der Waals surface area contributed by atoms with E-state index in [2.05, 4.69) is 64.6 Å². The Hall–Kier alpha value is -2.52. The van der Waals surface area contributed by atoms with Gasteiger partial charge in [0.25, 0.3) is 0 Å². The summed E-state index contributed by atoms with van der Waals surface area (Å²) in [5.74, 6) is 0.890. The molecular formula is C19H20N2O. The Balaban J connectivity index is 1.61. The minimum Gasteiger partial charge on any atom is -0.497 e. The number of nitrogens with zero attached hydrogens (tertiary/aromatic N) is 1. The lowest BCUT2D eigenvalue weighted by Gasteiger charge is -2.10. The molecule has 3 aromatic rings. The number of benzene rings is 2. The zero-order valence-electron chi connectivity index (χ0n) is 12.7. The molecule has 22 heavy (non-hydrogen) atoms. The predicted octanol–water partition coefficient (Wildman–Crippen LogP) is 3.78. The van der Waals surface area contributed by atoms with E-state index >= 15 is 0 Å². The summed E-state index contributed by atoms with van der Waals surface area (Å²) in [6.07, 6.45) is 2.10. The molecule has 0 bridgehead atoms. The van der Waals surface area contributed by atoms with Crippen LogP contribution in [0.3, 0.4) is 0 Å². The molecule has 0 aliphatic rings. The van der Waals surface area contributed by atoms with Crippen LogP contribution in [-0.2, 0) is 13.1 Å². The molecule has 0 saturated heterocycles. The van der Waals surface area contributed by atoms with E-state index in [0.717, 1.165) is 18.8 Å². The number of aromatic nitrogens is 1. The van der Waals surface area contributed by atoms with Crippen molar-refractivity contribution in [1.82, 2.24) is 9.88 Å². The van der Waals surface area contributed by atoms with Crippen LogP contribution >= 0.6 is 0 Å². The molecule has 1 aromatic heterocycles. The van der Waals surface area contributed by atoms with E-state index in [4.69, 9.17) is 4.74 Å². The Morgan fingerprint density at radius 1 is 0.864 bits per heavy atom. The average molecular weight is 292 g/mol. The number of rotatable bonds is 6. The second-order valence-electron chi connectivity index (χ2n) is 5.16. The van der Waals surface area contributed by atoms with Crippen molar-refractivity contribution < 1.29 is 4.74 Å². The van der Waals surface area contributed by atoms with E-state index in [1.165, 1.54) is 16.9 Å². The van der Waals surface area contributed by atoms with Crippen molar-refractivity contribution >= 4 is 0 Å². The quantitative estimate of drug-likeness (QED) is 0.748. The Morgan fingerprint density at radius 2 is 1.64 bits per heavy atom. The Morgan fingerprint density at radius 3 is 2.36 bits per heavy atom. The molecule has 0 fully saturated rings. The first-order valence-electron chi connectivity index (χ1n) is 7.42. The molecule has 0 unspecified atom stereocenters. The highest BCUT2D eigenvalue weighted by molar-refractivity contribution is 5.34. The first kappa shape index (κ1) is 14.4. The summed E-state index contributed by atoms with van der Waals surface area (Å²) in [5.41, 5.74) is 3.69. The number of para-hydroxylation sites is 1. The Labute approximate surface area is 131 Å². The van der Waals surface area contributed by atoms with Crippen LogP contribution in [0.2, 0.25) is 0 Å². The summed E-state index contributed by atoms with van der Waals surface area (Å²) >= 11 is 0. The lowest BCUT2D eigenvalue weighted by molar-refractivity contribution is 0.414. The third kappa shape index (κ3) is 3.38. The maximum absolute atomic E-state index is 5.17. The number of hydrogen-bond acceptors (Lipinski definition) is 2. The zero-order chi connectivity index (χ0) is 15.2. The minimum absolute atomic E-state index is 0.827. The summed E-state index contributed by atoms with van der Waals surface area (Å²) in [5, 5.41) is 3.49. The second-order valence-corrected chi connectivity index (χ2v) is 5.16. The first-order chi connectivity index (χ1) is 10.9. The summed E-state index contributed by atoms with van der Waals surface area (Å²) < 4.78 is 7.38. The molecule has 3 nitrogen and oxygen atoms in total. The summed E-state index contributed by atoms with van der Waals surface area (Å²) in [7, 11) is 1.69. The Kier molecular flexibility index (Phi) is 4.56. The van der Waals surface area contributed by atoms with Crippen LogP contribution in [0.25, 0.3) is 5.69 Å². The Bertz CT molecular complexity index is 702. The van der Waals surface area contributed by atoms with Gasteiger partial charge < -0.3 is 14.6 Å². The maximum atomic E-state index is 5.17. The first-order valence-corrected chi connectivity index (χ1v) is 7.42. The van der Waals surface area contributed by atoms with Crippen LogP contribution in [0.5, 0.6) is 5.75 Å². The van der Waals surface area contributed by atoms with Crippen molar-refractivity contribution in [1.29, 1.82) is 0 Å². The van der Waals surface area contributed by atoms with Gasteiger partial charge in [-0.3, -0.25) is 0 Å². The highest BCUT2D eigenvalue weighted by Gasteiger charge is 2.02. The van der Waals surface area contributed by atoms with E-state index < -0.39 is 0 Å². The van der Waals surface area contributed by atoms with Gasteiger partial charge in [0.05, 0.1) is 7.11 Å². The third-order valence-electron chi connectivity index (χ3n) is 3.66. The fourth-order valence-electron chi connectivity index (χ4n) is 2.48. The van der Waals surface area contributed by atoms with Crippen LogP contribution in [0, 0.1) is 0 Å². The van der Waals surface area contributed by atoms with Gasteiger partial charge >= 0.3 is 0 Å². The van der Waals surface area contributed by atoms with Crippen LogP contribution < -0.4 is 10.1 Å². The number of ether oxygens (including phenoxy) is 1. The van der Waals surface area contributed by atoms with Gasteiger partial charge in [-0.25, -0.2) is 0 Å². The highest BCUT2D eigenvalue weighted by Crippen LogP contribution is 2.13. The van der Waals surface area contributed by atoms with Gasteiger partial charge in [0.15, 0.2) is 0 Å². The van der Waals surface area contributed by atoms with Crippen molar-refractivity contribution in [3.05, 3.63) is 84.2 Å². The SMILES string of the molecule is COc1ccc(CNCc2cccn2-c2ccccc2)cc1. The van der Waals surface area contributed by atoms with Gasteiger partial charge in [0.1, 0.15) is 5.75 Å². The van der Waals surface area contributed by atoms with Gasteiger partial charge in [-0.05, 0) is 42.0 Å². The molecule has 0 aliphatic carbocycles. The lowest BCUT2D eigenvalue weighted by Crippen LogP contribution is -2.15. The van der Waals surface area contributed by atoms with E-state index in [1.807, 2.05) is 18.2 Å². The molecule has 0 saturated carbocycles. The molecule has 3 heteroatoms. The van der Waals surface area contributed by atoms with Gasteiger partial charge in [-0.1, -0.05) is 30.3 Å².